The third kappa shape index (κ3) is 16.0. The molecule has 5 N–H and O–H groups in total. The fourth-order valence-corrected chi connectivity index (χ4v) is 28.1. The molecule has 3 aromatic heterocycles. The normalized spacial score (nSPS) is 37.0. The summed E-state index contributed by atoms with van der Waals surface area (Å²) in [6, 6.07) is 34.7. The summed E-state index contributed by atoms with van der Waals surface area (Å²) in [5.41, 5.74) is 12.8. The third-order valence-electron chi connectivity index (χ3n) is 32.2. The first kappa shape index (κ1) is 75.3. The second-order valence-electron chi connectivity index (χ2n) is 39.5. The minimum Gasteiger partial charge on any atom is -0.480 e. The van der Waals surface area contributed by atoms with Crippen LogP contribution in [0.15, 0.2) is 72.8 Å². The number of nitrogens with one attached hydrogen (secondary N) is 1. The van der Waals surface area contributed by atoms with Crippen LogP contribution in [0.5, 0.6) is 0 Å². The number of para-hydroxylation sites is 6. The number of benzene rings is 3. The lowest BCUT2D eigenvalue weighted by Gasteiger charge is -2.55. The number of carboxylic acid groups (broad SMARTS) is 2. The van der Waals surface area contributed by atoms with Crippen LogP contribution in [0, 0.1) is 35.5 Å². The zero-order valence-electron chi connectivity index (χ0n) is 67.0. The highest BCUT2D eigenvalue weighted by molar-refractivity contribution is 5.78. The first-order chi connectivity index (χ1) is 54.4. The maximum absolute atomic E-state index is 11.7. The van der Waals surface area contributed by atoms with Gasteiger partial charge in [-0.25, -0.2) is 15.0 Å². The molecule has 0 spiro atoms. The van der Waals surface area contributed by atoms with Crippen LogP contribution in [0.4, 0.5) is 0 Å². The van der Waals surface area contributed by atoms with Gasteiger partial charge in [0.05, 0.1) is 52.2 Å². The Balaban J connectivity index is 0.000000112. The molecule has 6 aliphatic carbocycles. The molecule has 21 rings (SSSR count). The van der Waals surface area contributed by atoms with Crippen molar-refractivity contribution in [2.75, 3.05) is 39.3 Å². The van der Waals surface area contributed by atoms with Gasteiger partial charge in [0.15, 0.2) is 0 Å². The highest BCUT2D eigenvalue weighted by Gasteiger charge is 2.51. The maximum Gasteiger partial charge on any atom is 0.317 e. The standard InChI is InChI=1S/C32H47N5O.C31H44N4O2.C30H42N4O2/c33-31(38)18-23-9-5-13-29(34-23)32-35-28-12-3-4-14-30(28)37(32)27-19-24-10-6-11-25(20-27)36(24)26-16-21-7-1-2-8-22(15-21)17-26;36-30(37)20-33-13-12-23(19-33)31-32-28-10-3-4-11-29(28)35(31)27-17-24-8-5-9-25(18-27)34(24)26-15-21-6-1-2-7-22(14-21)16-26;35-29(36)19-32-17-22(18-32)30-31-27-10-3-4-11-28(27)34(30)26-15-23-8-5-9-24(16-26)33(23)25-13-20-6-1-2-7-21(12-20)14-25/h3-4,12,14,21-27,29,34H,1-2,5-11,13,15-20H2,(H2,33,38);3-4,10-11,21-27H,1-2,5-9,12-20H2,(H,36,37);3-4,10-11,20-26H,1-2,5-9,12-19H2,(H,35,36)/t21-,22+,23?,24-,25+,26?,27?,29-;21-,22+,23-,24-,25+,26?,27?;20-,21+,23-,24+,25?,26?/m10./s1. The van der Waals surface area contributed by atoms with Crippen LogP contribution >= 0.6 is 0 Å². The number of hydrogen-bond donors (Lipinski definition) is 4. The van der Waals surface area contributed by atoms with Crippen LogP contribution in [-0.2, 0) is 14.4 Å². The number of amides is 1. The number of likely N-dealkylation sites (tertiary alicyclic amines) is 2. The molecule has 15 fully saturated rings. The summed E-state index contributed by atoms with van der Waals surface area (Å²) in [5.74, 6) is 8.49. The van der Waals surface area contributed by atoms with Crippen LogP contribution in [-0.4, -0.2) is 181 Å². The number of carbonyl (C=O) groups is 3. The molecule has 15 aliphatic rings. The minimum atomic E-state index is -0.732. The van der Waals surface area contributed by atoms with E-state index in [2.05, 4.69) is 111 Å². The molecule has 12 heterocycles. The van der Waals surface area contributed by atoms with E-state index in [1.807, 2.05) is 4.90 Å². The molecule has 6 saturated carbocycles. The summed E-state index contributed by atoms with van der Waals surface area (Å²) in [6.07, 6.45) is 55.4. The molecule has 9 aliphatic heterocycles. The Morgan fingerprint density at radius 1 is 0.351 bits per heavy atom. The van der Waals surface area contributed by atoms with Crippen molar-refractivity contribution in [3.8, 4) is 0 Å². The Morgan fingerprint density at radius 2 is 0.685 bits per heavy atom. The van der Waals surface area contributed by atoms with Crippen molar-refractivity contribution in [2.45, 2.75) is 360 Å². The number of aliphatic carboxylic acids is 2. The quantitative estimate of drug-likeness (QED) is 0.0757. The molecular formula is C93H133N13O5. The summed E-state index contributed by atoms with van der Waals surface area (Å²) in [5, 5.41) is 22.3. The van der Waals surface area contributed by atoms with Crippen molar-refractivity contribution >= 4 is 50.9 Å². The van der Waals surface area contributed by atoms with E-state index >= 15 is 0 Å². The Hall–Kier alpha value is -5.76. The smallest absolute Gasteiger partial charge is 0.317 e. The summed E-state index contributed by atoms with van der Waals surface area (Å²) in [6.45, 7) is 3.57. The average Bonchev–Trinajstić information content (AvgIpc) is 1.69. The van der Waals surface area contributed by atoms with Gasteiger partial charge < -0.3 is 35.0 Å². The number of carboxylic acids is 2. The molecule has 600 valence electrons. The number of nitrogens with zero attached hydrogens (tertiary/aromatic N) is 11. The van der Waals surface area contributed by atoms with Gasteiger partial charge in [0, 0.05) is 116 Å². The van der Waals surface area contributed by atoms with Crippen molar-refractivity contribution in [3.05, 3.63) is 90.3 Å². The zero-order chi connectivity index (χ0) is 74.8. The largest absolute Gasteiger partial charge is 0.480 e. The number of piperidine rings is 7. The lowest BCUT2D eigenvalue weighted by atomic mass is 9.73. The van der Waals surface area contributed by atoms with E-state index in [1.165, 1.54) is 265 Å². The number of fused-ring (bicyclic) bond motifs is 15. The Labute approximate surface area is 660 Å². The lowest BCUT2D eigenvalue weighted by Crippen LogP contribution is -2.58. The lowest BCUT2D eigenvalue weighted by molar-refractivity contribution is -0.140. The number of aromatic nitrogens is 6. The molecule has 1 amide bonds. The van der Waals surface area contributed by atoms with Gasteiger partial charge in [-0.2, -0.15) is 0 Å². The van der Waals surface area contributed by atoms with Crippen LogP contribution in [0.1, 0.15) is 317 Å². The second kappa shape index (κ2) is 33.1. The van der Waals surface area contributed by atoms with E-state index < -0.39 is 11.9 Å². The van der Waals surface area contributed by atoms with E-state index in [1.54, 1.807) is 0 Å². The number of primary amides is 1. The first-order valence-corrected chi connectivity index (χ1v) is 46.0. The van der Waals surface area contributed by atoms with Crippen molar-refractivity contribution in [2.24, 2.45) is 41.2 Å². The molecule has 18 heteroatoms. The van der Waals surface area contributed by atoms with Crippen LogP contribution in [0.2, 0.25) is 0 Å². The SMILES string of the molecule is NC(=O)CC1CCC[C@H](c2nc3ccccc3n2C2C[C@H]3CCC[C@@H](C2)N3C2C[C@H]3CCCC[C@@H](C2)C3)N1.O=C(O)CN1CC(c2nc3ccccc3n2C2C[C@H]3CCC[C@@H](C2)N3C2C[C@H]3CCCC[C@@H](C2)C3)C1.O=C(O)CN1CC[C@H](c2nc3ccccc3n2C2C[C@H]3CCC[C@@H](C2)N3C2C[C@H]3CCCC[C@@H](C2)C3)C1. The number of rotatable bonds is 15. The zero-order valence-corrected chi connectivity index (χ0v) is 67.0. The predicted octanol–water partition coefficient (Wildman–Crippen LogP) is 17.3. The summed E-state index contributed by atoms with van der Waals surface area (Å²) < 4.78 is 7.89. The summed E-state index contributed by atoms with van der Waals surface area (Å²) >= 11 is 0. The molecule has 7 unspecified atom stereocenters. The highest BCUT2D eigenvalue weighted by Crippen LogP contribution is 2.53. The van der Waals surface area contributed by atoms with E-state index in [9.17, 15) is 24.6 Å². The van der Waals surface area contributed by atoms with Gasteiger partial charge in [-0.05, 0) is 239 Å². The van der Waals surface area contributed by atoms with Crippen molar-refractivity contribution in [1.29, 1.82) is 0 Å². The van der Waals surface area contributed by atoms with E-state index in [0.717, 1.165) is 122 Å². The van der Waals surface area contributed by atoms with Gasteiger partial charge in [-0.1, -0.05) is 133 Å². The molecule has 0 radical (unpaired) electrons. The van der Waals surface area contributed by atoms with E-state index in [-0.39, 0.29) is 31.1 Å². The van der Waals surface area contributed by atoms with Gasteiger partial charge in [0.2, 0.25) is 5.91 Å². The molecule has 21 atom stereocenters. The molecule has 6 aromatic rings. The topological polar surface area (TPSA) is 199 Å². The molecule has 3 aromatic carbocycles. The summed E-state index contributed by atoms with van der Waals surface area (Å²) in [4.78, 5) is 63.1. The molecule has 12 bridgehead atoms. The molecule has 18 nitrogen and oxygen atoms in total. The first-order valence-electron chi connectivity index (χ1n) is 46.0. The second-order valence-corrected chi connectivity index (χ2v) is 39.5. The average molecular weight is 1510 g/mol. The van der Waals surface area contributed by atoms with Crippen molar-refractivity contribution in [3.63, 3.8) is 0 Å². The van der Waals surface area contributed by atoms with Crippen LogP contribution in [0.25, 0.3) is 33.1 Å². The van der Waals surface area contributed by atoms with E-state index in [4.69, 9.17) is 20.7 Å². The van der Waals surface area contributed by atoms with Gasteiger partial charge >= 0.3 is 11.9 Å². The van der Waals surface area contributed by atoms with Gasteiger partial charge in [0.25, 0.3) is 0 Å². The van der Waals surface area contributed by atoms with E-state index in [0.29, 0.717) is 72.6 Å². The highest BCUT2D eigenvalue weighted by atomic mass is 16.4. The number of nitrogens with two attached hydrogens (primary N) is 1. The van der Waals surface area contributed by atoms with Crippen molar-refractivity contribution in [1.82, 2.24) is 58.5 Å². The minimum absolute atomic E-state index is 0.142. The Kier molecular flexibility index (Phi) is 22.4. The van der Waals surface area contributed by atoms with Crippen LogP contribution < -0.4 is 11.1 Å². The Morgan fingerprint density at radius 3 is 1.06 bits per heavy atom. The number of hydrogen-bond acceptors (Lipinski definition) is 12. The van der Waals surface area contributed by atoms with Crippen molar-refractivity contribution < 1.29 is 24.6 Å². The third-order valence-corrected chi connectivity index (χ3v) is 32.2. The number of imidazole rings is 3. The molecule has 9 saturated heterocycles. The Bertz CT molecular complexity index is 4130. The fourth-order valence-electron chi connectivity index (χ4n) is 28.1. The maximum atomic E-state index is 11.7. The molecule has 111 heavy (non-hydrogen) atoms. The van der Waals surface area contributed by atoms with Gasteiger partial charge in [-0.3, -0.25) is 38.9 Å². The summed E-state index contributed by atoms with van der Waals surface area (Å²) in [7, 11) is 0. The van der Waals surface area contributed by atoms with Crippen LogP contribution in [0.3, 0.4) is 0 Å². The number of carbonyl (C=O) groups excluding carboxylic acids is 1. The molecular weight excluding hydrogens is 1380 g/mol. The monoisotopic (exact) mass is 1510 g/mol. The fraction of sp³-hybridized carbons (Fsp3) is 0.742. The van der Waals surface area contributed by atoms with Gasteiger partial charge in [0.1, 0.15) is 17.5 Å². The predicted molar refractivity (Wildman–Crippen MR) is 439 cm³/mol. The van der Waals surface area contributed by atoms with Gasteiger partial charge in [-0.15, -0.1) is 0 Å².